The van der Waals surface area contributed by atoms with Crippen LogP contribution in [0.4, 0.5) is 18.9 Å². The van der Waals surface area contributed by atoms with Crippen molar-refractivity contribution < 1.29 is 27.9 Å². The van der Waals surface area contributed by atoms with Gasteiger partial charge >= 0.3 is 12.1 Å². The van der Waals surface area contributed by atoms with Crippen molar-refractivity contribution in [3.05, 3.63) is 71.5 Å². The number of halogens is 3. The number of carbonyl (C=O) groups excluding carboxylic acids is 1. The number of carboxylic acids is 1. The fourth-order valence-electron chi connectivity index (χ4n) is 5.09. The molecule has 1 aliphatic heterocycles. The average molecular weight is 557 g/mol. The summed E-state index contributed by atoms with van der Waals surface area (Å²) < 4.78 is 41.5. The molecule has 40 heavy (non-hydrogen) atoms. The highest BCUT2D eigenvalue weighted by atomic mass is 19.4. The number of likely N-dealkylation sites (tertiary alicyclic amines) is 1. The highest BCUT2D eigenvalue weighted by molar-refractivity contribution is 5.95. The maximum absolute atomic E-state index is 13.2. The number of anilines is 1. The van der Waals surface area contributed by atoms with Crippen LogP contribution in [-0.4, -0.2) is 50.9 Å². The summed E-state index contributed by atoms with van der Waals surface area (Å²) in [4.78, 5) is 25.9. The largest absolute Gasteiger partial charge is 0.481 e. The Labute approximate surface area is 232 Å². The second-order valence-corrected chi connectivity index (χ2v) is 10.7. The summed E-state index contributed by atoms with van der Waals surface area (Å²) in [5, 5.41) is 16.9. The molecule has 3 aromatic rings. The van der Waals surface area contributed by atoms with Gasteiger partial charge in [-0.3, -0.25) is 14.3 Å². The van der Waals surface area contributed by atoms with Crippen LogP contribution >= 0.6 is 0 Å². The first-order chi connectivity index (χ1) is 18.9. The first-order valence-corrected chi connectivity index (χ1v) is 13.5. The minimum absolute atomic E-state index is 0.153. The molecule has 2 N–H and O–H groups in total. The van der Waals surface area contributed by atoms with E-state index in [0.717, 1.165) is 22.3 Å². The van der Waals surface area contributed by atoms with Gasteiger partial charge in [0.15, 0.2) is 0 Å². The Morgan fingerprint density at radius 3 is 2.45 bits per heavy atom. The molecule has 1 unspecified atom stereocenters. The molecular weight excluding hydrogens is 521 g/mol. The lowest BCUT2D eigenvalue weighted by molar-refractivity contribution is -0.143. The van der Waals surface area contributed by atoms with Crippen LogP contribution in [0.1, 0.15) is 73.1 Å². The minimum Gasteiger partial charge on any atom is -0.481 e. The molecule has 2 heterocycles. The molecule has 1 saturated heterocycles. The maximum Gasteiger partial charge on any atom is 0.389 e. The van der Waals surface area contributed by atoms with E-state index in [-0.39, 0.29) is 24.9 Å². The standard InChI is InChI=1S/C30H35F3N4O3/c1-19(2)37-18-24(16-34-37)22-8-11-26(20(3)15-22)27(12-13-30(31,32)33)35-25-9-6-21(7-10-25)28(38)36-14-4-5-23(17-36)29(39)40/h6-11,15-16,18-19,23,27,35H,4-5,12-14,17H2,1-3H3,(H,39,40)/t23-,27?/m1/s1. The molecule has 1 aliphatic rings. The molecule has 2 atom stereocenters. The Hall–Kier alpha value is -3.82. The molecule has 0 bridgehead atoms. The molecule has 10 heteroatoms. The Balaban J connectivity index is 1.52. The zero-order valence-electron chi connectivity index (χ0n) is 22.9. The molecule has 0 spiro atoms. The van der Waals surface area contributed by atoms with Crippen LogP contribution in [0, 0.1) is 12.8 Å². The van der Waals surface area contributed by atoms with Gasteiger partial charge in [-0.1, -0.05) is 18.2 Å². The first kappa shape index (κ1) is 29.2. The predicted molar refractivity (Wildman–Crippen MR) is 147 cm³/mol. The highest BCUT2D eigenvalue weighted by Crippen LogP contribution is 2.33. The number of nitrogens with one attached hydrogen (secondary N) is 1. The molecule has 7 nitrogen and oxygen atoms in total. The van der Waals surface area contributed by atoms with Crippen LogP contribution in [-0.2, 0) is 4.79 Å². The average Bonchev–Trinajstić information content (AvgIpc) is 3.42. The van der Waals surface area contributed by atoms with E-state index in [4.69, 9.17) is 0 Å². The van der Waals surface area contributed by atoms with Gasteiger partial charge in [0.2, 0.25) is 0 Å². The molecule has 1 aromatic heterocycles. The summed E-state index contributed by atoms with van der Waals surface area (Å²) in [5.74, 6) is -1.73. The van der Waals surface area contributed by atoms with Crippen molar-refractivity contribution in [1.29, 1.82) is 0 Å². The van der Waals surface area contributed by atoms with Crippen molar-refractivity contribution >= 4 is 17.6 Å². The fraction of sp³-hybridized carbons (Fsp3) is 0.433. The zero-order chi connectivity index (χ0) is 29.0. The SMILES string of the molecule is Cc1cc(-c2cnn(C(C)C)c2)ccc1C(CCC(F)(F)F)Nc1ccc(C(=O)N2CCC[C@@H](C(=O)O)C2)cc1. The Morgan fingerprint density at radius 2 is 1.85 bits per heavy atom. The monoisotopic (exact) mass is 556 g/mol. The van der Waals surface area contributed by atoms with Crippen molar-refractivity contribution in [2.24, 2.45) is 5.92 Å². The number of hydrogen-bond acceptors (Lipinski definition) is 4. The minimum atomic E-state index is -4.29. The van der Waals surface area contributed by atoms with E-state index in [0.29, 0.717) is 30.6 Å². The number of nitrogens with zero attached hydrogens (tertiary/aromatic N) is 3. The zero-order valence-corrected chi connectivity index (χ0v) is 22.9. The van der Waals surface area contributed by atoms with Gasteiger partial charge in [0.1, 0.15) is 0 Å². The number of hydrogen-bond donors (Lipinski definition) is 2. The van der Waals surface area contributed by atoms with Gasteiger partial charge in [-0.15, -0.1) is 0 Å². The third kappa shape index (κ3) is 7.22. The van der Waals surface area contributed by atoms with E-state index >= 15 is 0 Å². The van der Waals surface area contributed by atoms with E-state index < -0.39 is 30.5 Å². The van der Waals surface area contributed by atoms with Gasteiger partial charge in [0, 0.05) is 48.6 Å². The van der Waals surface area contributed by atoms with Gasteiger partial charge in [-0.2, -0.15) is 18.3 Å². The highest BCUT2D eigenvalue weighted by Gasteiger charge is 2.30. The summed E-state index contributed by atoms with van der Waals surface area (Å²) in [7, 11) is 0. The quantitative estimate of drug-likeness (QED) is 0.300. The summed E-state index contributed by atoms with van der Waals surface area (Å²) in [5.41, 5.74) is 4.50. The van der Waals surface area contributed by atoms with Crippen LogP contribution < -0.4 is 5.32 Å². The number of benzene rings is 2. The summed E-state index contributed by atoms with van der Waals surface area (Å²) in [6.07, 6.45) is -0.485. The first-order valence-electron chi connectivity index (χ1n) is 13.5. The van der Waals surface area contributed by atoms with Gasteiger partial charge in [-0.25, -0.2) is 0 Å². The molecular formula is C30H35F3N4O3. The number of aryl methyl sites for hydroxylation is 1. The van der Waals surface area contributed by atoms with E-state index in [2.05, 4.69) is 10.4 Å². The molecule has 4 rings (SSSR count). The number of carboxylic acid groups (broad SMARTS) is 1. The third-order valence-corrected chi connectivity index (χ3v) is 7.36. The second kappa shape index (κ2) is 12.1. The smallest absolute Gasteiger partial charge is 0.389 e. The van der Waals surface area contributed by atoms with E-state index in [1.54, 1.807) is 35.4 Å². The molecule has 0 saturated carbocycles. The van der Waals surface area contributed by atoms with Crippen molar-refractivity contribution in [1.82, 2.24) is 14.7 Å². The topological polar surface area (TPSA) is 87.5 Å². The Kier molecular flexibility index (Phi) is 8.85. The van der Waals surface area contributed by atoms with E-state index in [1.807, 2.05) is 49.8 Å². The van der Waals surface area contributed by atoms with Crippen molar-refractivity contribution in [2.75, 3.05) is 18.4 Å². The summed E-state index contributed by atoms with van der Waals surface area (Å²) in [6, 6.07) is 11.9. The van der Waals surface area contributed by atoms with Gasteiger partial charge < -0.3 is 15.3 Å². The molecule has 1 amide bonds. The van der Waals surface area contributed by atoms with E-state index in [9.17, 15) is 27.9 Å². The molecule has 2 aromatic carbocycles. The van der Waals surface area contributed by atoms with Crippen LogP contribution in [0.15, 0.2) is 54.9 Å². The van der Waals surface area contributed by atoms with Crippen LogP contribution in [0.3, 0.4) is 0 Å². The number of carbonyl (C=O) groups is 2. The number of amides is 1. The molecule has 214 valence electrons. The van der Waals surface area contributed by atoms with E-state index in [1.165, 1.54) is 0 Å². The molecule has 0 radical (unpaired) electrons. The molecule has 1 fully saturated rings. The Morgan fingerprint density at radius 1 is 1.12 bits per heavy atom. The number of alkyl halides is 3. The summed E-state index contributed by atoms with van der Waals surface area (Å²) >= 11 is 0. The van der Waals surface area contributed by atoms with Crippen molar-refractivity contribution in [3.63, 3.8) is 0 Å². The molecule has 0 aliphatic carbocycles. The number of aromatic nitrogens is 2. The normalized spacial score (nSPS) is 16.7. The lowest BCUT2D eigenvalue weighted by Crippen LogP contribution is -2.42. The summed E-state index contributed by atoms with van der Waals surface area (Å²) in [6.45, 7) is 6.62. The van der Waals surface area contributed by atoms with Gasteiger partial charge in [0.05, 0.1) is 18.2 Å². The van der Waals surface area contributed by atoms with Crippen molar-refractivity contribution in [3.8, 4) is 11.1 Å². The van der Waals surface area contributed by atoms with Gasteiger partial charge in [-0.05, 0) is 81.0 Å². The van der Waals surface area contributed by atoms with Gasteiger partial charge in [0.25, 0.3) is 5.91 Å². The Bertz CT molecular complexity index is 1330. The van der Waals surface area contributed by atoms with Crippen LogP contribution in [0.2, 0.25) is 0 Å². The maximum atomic E-state index is 13.2. The third-order valence-electron chi connectivity index (χ3n) is 7.36. The van der Waals surface area contributed by atoms with Crippen LogP contribution in [0.5, 0.6) is 0 Å². The van der Waals surface area contributed by atoms with Crippen molar-refractivity contribution in [2.45, 2.75) is 64.7 Å². The predicted octanol–water partition coefficient (Wildman–Crippen LogP) is 6.87. The lowest BCUT2D eigenvalue weighted by atomic mass is 9.94. The fourth-order valence-corrected chi connectivity index (χ4v) is 5.09. The lowest BCUT2D eigenvalue weighted by Gasteiger charge is -2.30. The second-order valence-electron chi connectivity index (χ2n) is 10.7. The number of rotatable bonds is 9. The number of piperidine rings is 1. The number of aliphatic carboxylic acids is 1. The van der Waals surface area contributed by atoms with Crippen LogP contribution in [0.25, 0.3) is 11.1 Å².